The molecule has 1 aromatic carbocycles. The van der Waals surface area contributed by atoms with Crippen LogP contribution in [0.2, 0.25) is 5.02 Å². The third kappa shape index (κ3) is 3.11. The van der Waals surface area contributed by atoms with Crippen LogP contribution in [-0.2, 0) is 11.2 Å². The van der Waals surface area contributed by atoms with Crippen molar-refractivity contribution < 1.29 is 9.18 Å². The molecule has 18 heavy (non-hydrogen) atoms. The molecule has 1 aliphatic rings. The second-order valence-corrected chi connectivity index (χ2v) is 5.57. The van der Waals surface area contributed by atoms with Crippen LogP contribution in [0, 0.1) is 17.7 Å². The lowest BCUT2D eigenvalue weighted by molar-refractivity contribution is -0.122. The van der Waals surface area contributed by atoms with Crippen molar-refractivity contribution in [2.24, 2.45) is 11.8 Å². The van der Waals surface area contributed by atoms with Crippen molar-refractivity contribution in [1.82, 2.24) is 0 Å². The van der Waals surface area contributed by atoms with Gasteiger partial charge in [0.05, 0.1) is 0 Å². The van der Waals surface area contributed by atoms with E-state index in [0.29, 0.717) is 16.5 Å². The molecule has 1 fully saturated rings. The first-order valence-electron chi connectivity index (χ1n) is 6.56. The van der Waals surface area contributed by atoms with Gasteiger partial charge in [-0.2, -0.15) is 0 Å². The lowest BCUT2D eigenvalue weighted by Gasteiger charge is -2.10. The molecule has 0 saturated heterocycles. The zero-order valence-corrected chi connectivity index (χ0v) is 11.3. The SMILES string of the molecule is CCC1CCC(C(=O)Cc2cc(F)ccc2Cl)C1. The predicted molar refractivity (Wildman–Crippen MR) is 71.2 cm³/mol. The Bertz CT molecular complexity index is 444. The van der Waals surface area contributed by atoms with Gasteiger partial charge in [0.25, 0.3) is 0 Å². The summed E-state index contributed by atoms with van der Waals surface area (Å²) in [5.74, 6) is 0.703. The average molecular weight is 269 g/mol. The quantitative estimate of drug-likeness (QED) is 0.790. The molecule has 2 atom stereocenters. The van der Waals surface area contributed by atoms with Crippen LogP contribution in [0.15, 0.2) is 18.2 Å². The number of halogens is 2. The molecule has 0 spiro atoms. The van der Waals surface area contributed by atoms with Crippen LogP contribution in [0.4, 0.5) is 4.39 Å². The summed E-state index contributed by atoms with van der Waals surface area (Å²) < 4.78 is 13.1. The van der Waals surface area contributed by atoms with Gasteiger partial charge >= 0.3 is 0 Å². The van der Waals surface area contributed by atoms with Crippen LogP contribution < -0.4 is 0 Å². The van der Waals surface area contributed by atoms with E-state index in [1.807, 2.05) is 0 Å². The van der Waals surface area contributed by atoms with Crippen molar-refractivity contribution >= 4 is 17.4 Å². The fourth-order valence-electron chi connectivity index (χ4n) is 2.75. The van der Waals surface area contributed by atoms with Crippen LogP contribution in [0.25, 0.3) is 0 Å². The Morgan fingerprint density at radius 3 is 2.89 bits per heavy atom. The van der Waals surface area contributed by atoms with Gasteiger partial charge in [0.1, 0.15) is 11.6 Å². The lowest BCUT2D eigenvalue weighted by atomic mass is 9.95. The molecular weight excluding hydrogens is 251 g/mol. The summed E-state index contributed by atoms with van der Waals surface area (Å²) in [6.07, 6.45) is 4.51. The minimum atomic E-state index is -0.333. The third-order valence-corrected chi connectivity index (χ3v) is 4.32. The van der Waals surface area contributed by atoms with Gasteiger partial charge in [-0.25, -0.2) is 4.39 Å². The van der Waals surface area contributed by atoms with E-state index in [9.17, 15) is 9.18 Å². The maximum Gasteiger partial charge on any atom is 0.140 e. The Balaban J connectivity index is 2.01. The van der Waals surface area contributed by atoms with Crippen LogP contribution in [-0.4, -0.2) is 5.78 Å². The van der Waals surface area contributed by atoms with Crippen molar-refractivity contribution in [2.45, 2.75) is 39.0 Å². The minimum Gasteiger partial charge on any atom is -0.299 e. The predicted octanol–water partition coefficient (Wildman–Crippen LogP) is 4.42. The number of hydrogen-bond acceptors (Lipinski definition) is 1. The number of benzene rings is 1. The molecule has 1 nitrogen and oxygen atoms in total. The first-order valence-corrected chi connectivity index (χ1v) is 6.94. The maximum absolute atomic E-state index is 13.1. The highest BCUT2D eigenvalue weighted by Gasteiger charge is 2.28. The zero-order valence-electron chi connectivity index (χ0n) is 10.6. The number of rotatable bonds is 4. The summed E-state index contributed by atoms with van der Waals surface area (Å²) in [7, 11) is 0. The topological polar surface area (TPSA) is 17.1 Å². The minimum absolute atomic E-state index is 0.147. The van der Waals surface area contributed by atoms with E-state index in [2.05, 4.69) is 6.92 Å². The largest absolute Gasteiger partial charge is 0.299 e. The molecule has 0 aromatic heterocycles. The van der Waals surface area contributed by atoms with Gasteiger partial charge in [-0.3, -0.25) is 4.79 Å². The Hall–Kier alpha value is -0.890. The van der Waals surface area contributed by atoms with Gasteiger partial charge in [0.15, 0.2) is 0 Å². The van der Waals surface area contributed by atoms with E-state index in [1.165, 1.54) is 18.2 Å². The Labute approximate surface area is 112 Å². The molecule has 1 saturated carbocycles. The summed E-state index contributed by atoms with van der Waals surface area (Å²) in [5, 5.41) is 0.481. The lowest BCUT2D eigenvalue weighted by Crippen LogP contribution is -2.14. The summed E-state index contributed by atoms with van der Waals surface area (Å²) in [6.45, 7) is 2.17. The van der Waals surface area contributed by atoms with E-state index in [1.54, 1.807) is 0 Å². The fraction of sp³-hybridized carbons (Fsp3) is 0.533. The van der Waals surface area contributed by atoms with Gasteiger partial charge in [0, 0.05) is 17.4 Å². The molecule has 1 aliphatic carbocycles. The number of Topliss-reactive ketones (excluding diaryl/α,β-unsaturated/α-hetero) is 1. The summed E-state index contributed by atoms with van der Waals surface area (Å²) >= 11 is 5.98. The first kappa shape index (κ1) is 13.5. The van der Waals surface area contributed by atoms with Crippen LogP contribution in [0.1, 0.15) is 38.2 Å². The van der Waals surface area contributed by atoms with Crippen LogP contribution in [0.5, 0.6) is 0 Å². The molecule has 2 rings (SSSR count). The zero-order chi connectivity index (χ0) is 13.1. The molecule has 0 heterocycles. The number of carbonyl (C=O) groups excluding carboxylic acids is 1. The Morgan fingerprint density at radius 2 is 2.22 bits per heavy atom. The fourth-order valence-corrected chi connectivity index (χ4v) is 2.93. The van der Waals surface area contributed by atoms with Gasteiger partial charge < -0.3 is 0 Å². The molecular formula is C15H18ClFO. The first-order chi connectivity index (χ1) is 8.60. The molecule has 2 unspecified atom stereocenters. The highest BCUT2D eigenvalue weighted by molar-refractivity contribution is 6.31. The molecule has 0 aliphatic heterocycles. The number of hydrogen-bond donors (Lipinski definition) is 0. The number of carbonyl (C=O) groups is 1. The van der Waals surface area contributed by atoms with Crippen molar-refractivity contribution in [3.63, 3.8) is 0 Å². The standard InChI is InChI=1S/C15H18ClFO/c1-2-10-3-4-11(7-10)15(18)9-12-8-13(17)5-6-14(12)16/h5-6,8,10-11H,2-4,7,9H2,1H3. The Kier molecular flexibility index (Phi) is 4.39. The van der Waals surface area contributed by atoms with Crippen molar-refractivity contribution in [2.75, 3.05) is 0 Å². The second kappa shape index (κ2) is 5.83. The average Bonchev–Trinajstić information content (AvgIpc) is 2.82. The molecule has 3 heteroatoms. The van der Waals surface area contributed by atoms with E-state index in [-0.39, 0.29) is 23.9 Å². The van der Waals surface area contributed by atoms with E-state index < -0.39 is 0 Å². The summed E-state index contributed by atoms with van der Waals surface area (Å²) in [5.41, 5.74) is 0.613. The van der Waals surface area contributed by atoms with Crippen LogP contribution in [0.3, 0.4) is 0 Å². The smallest absolute Gasteiger partial charge is 0.140 e. The Morgan fingerprint density at radius 1 is 1.44 bits per heavy atom. The van der Waals surface area contributed by atoms with Gasteiger partial charge in [0.2, 0.25) is 0 Å². The van der Waals surface area contributed by atoms with E-state index in [4.69, 9.17) is 11.6 Å². The van der Waals surface area contributed by atoms with Crippen molar-refractivity contribution in [1.29, 1.82) is 0 Å². The summed E-state index contributed by atoms with van der Waals surface area (Å²) in [6, 6.07) is 4.20. The normalized spacial score (nSPS) is 23.3. The second-order valence-electron chi connectivity index (χ2n) is 5.16. The molecule has 0 bridgehead atoms. The monoisotopic (exact) mass is 268 g/mol. The molecule has 0 N–H and O–H groups in total. The highest BCUT2D eigenvalue weighted by atomic mass is 35.5. The molecule has 98 valence electrons. The van der Waals surface area contributed by atoms with Gasteiger partial charge in [-0.15, -0.1) is 0 Å². The maximum atomic E-state index is 13.1. The van der Waals surface area contributed by atoms with E-state index in [0.717, 1.165) is 25.7 Å². The molecule has 0 amide bonds. The summed E-state index contributed by atoms with van der Waals surface area (Å²) in [4.78, 5) is 12.2. The van der Waals surface area contributed by atoms with Crippen LogP contribution >= 0.6 is 11.6 Å². The van der Waals surface area contributed by atoms with Crippen molar-refractivity contribution in [3.05, 3.63) is 34.6 Å². The van der Waals surface area contributed by atoms with Gasteiger partial charge in [-0.05, 0) is 48.9 Å². The van der Waals surface area contributed by atoms with E-state index >= 15 is 0 Å². The molecule has 0 radical (unpaired) electrons. The molecule has 1 aromatic rings. The highest BCUT2D eigenvalue weighted by Crippen LogP contribution is 2.34. The number of ketones is 1. The van der Waals surface area contributed by atoms with Crippen molar-refractivity contribution in [3.8, 4) is 0 Å². The third-order valence-electron chi connectivity index (χ3n) is 3.95. The van der Waals surface area contributed by atoms with Gasteiger partial charge in [-0.1, -0.05) is 24.9 Å².